The molecule has 0 spiro atoms. The maximum atomic E-state index is 5.75. The summed E-state index contributed by atoms with van der Waals surface area (Å²) in [5.41, 5.74) is 0. The fourth-order valence-electron chi connectivity index (χ4n) is 2.84. The molecular formula is C10H19Cl2N. The van der Waals surface area contributed by atoms with Gasteiger partial charge < -0.3 is 4.90 Å². The maximum absolute atomic E-state index is 5.75. The first-order valence-corrected chi connectivity index (χ1v) is 5.70. The molecule has 0 aromatic heterocycles. The summed E-state index contributed by atoms with van der Waals surface area (Å²) in [5, 5.41) is 0. The maximum Gasteiger partial charge on any atom is 0.0351 e. The van der Waals surface area contributed by atoms with Crippen LogP contribution in [0.25, 0.3) is 0 Å². The van der Waals surface area contributed by atoms with Crippen molar-refractivity contribution in [2.24, 2.45) is 11.8 Å². The van der Waals surface area contributed by atoms with Crippen molar-refractivity contribution >= 4 is 24.0 Å². The van der Waals surface area contributed by atoms with Crippen molar-refractivity contribution in [3.63, 3.8) is 0 Å². The Morgan fingerprint density at radius 3 is 2.31 bits per heavy atom. The quantitative estimate of drug-likeness (QED) is 0.652. The van der Waals surface area contributed by atoms with E-state index in [-0.39, 0.29) is 12.4 Å². The second kappa shape index (κ2) is 5.43. The van der Waals surface area contributed by atoms with Gasteiger partial charge >= 0.3 is 0 Å². The molecule has 1 saturated carbocycles. The third kappa shape index (κ3) is 3.00. The van der Waals surface area contributed by atoms with Gasteiger partial charge in [0.2, 0.25) is 0 Å². The summed E-state index contributed by atoms with van der Waals surface area (Å²) in [7, 11) is 0. The molecule has 2 unspecified atom stereocenters. The Morgan fingerprint density at radius 1 is 1.15 bits per heavy atom. The number of likely N-dealkylation sites (tertiary alicyclic amines) is 1. The first-order chi connectivity index (χ1) is 5.88. The highest BCUT2D eigenvalue weighted by atomic mass is 35.5. The minimum Gasteiger partial charge on any atom is -0.302 e. The third-order valence-electron chi connectivity index (χ3n) is 3.32. The summed E-state index contributed by atoms with van der Waals surface area (Å²) in [4.78, 5) is 2.56. The van der Waals surface area contributed by atoms with Gasteiger partial charge in [0, 0.05) is 25.5 Å². The van der Waals surface area contributed by atoms with Crippen LogP contribution in [0.2, 0.25) is 0 Å². The Bertz CT molecular complexity index is 140. The Labute approximate surface area is 92.2 Å². The number of rotatable bonds is 2. The summed E-state index contributed by atoms with van der Waals surface area (Å²) < 4.78 is 0. The van der Waals surface area contributed by atoms with E-state index in [1.807, 2.05) is 0 Å². The molecule has 2 rings (SSSR count). The van der Waals surface area contributed by atoms with E-state index in [0.29, 0.717) is 0 Å². The standard InChI is InChI=1S/C10H18ClN.ClH/c11-4-5-12-7-9-2-1-3-10(6-9)8-12;/h9-10H,1-8H2;1H. The first kappa shape index (κ1) is 11.6. The molecule has 2 atom stereocenters. The lowest BCUT2D eigenvalue weighted by atomic mass is 9.78. The number of fused-ring (bicyclic) bond motifs is 2. The third-order valence-corrected chi connectivity index (χ3v) is 3.49. The molecule has 0 amide bonds. The highest BCUT2D eigenvalue weighted by Gasteiger charge is 2.29. The van der Waals surface area contributed by atoms with Crippen LogP contribution in [0.1, 0.15) is 25.7 Å². The molecule has 1 aliphatic heterocycles. The van der Waals surface area contributed by atoms with Crippen LogP contribution in [0.3, 0.4) is 0 Å². The van der Waals surface area contributed by atoms with Gasteiger partial charge in [-0.3, -0.25) is 0 Å². The molecule has 2 fully saturated rings. The zero-order valence-electron chi connectivity index (χ0n) is 8.04. The van der Waals surface area contributed by atoms with Gasteiger partial charge in [0.25, 0.3) is 0 Å². The normalized spacial score (nSPS) is 33.9. The van der Waals surface area contributed by atoms with Crippen LogP contribution in [-0.2, 0) is 0 Å². The van der Waals surface area contributed by atoms with E-state index < -0.39 is 0 Å². The Hall–Kier alpha value is 0.540. The topological polar surface area (TPSA) is 3.24 Å². The smallest absolute Gasteiger partial charge is 0.0351 e. The molecule has 0 radical (unpaired) electrons. The fraction of sp³-hybridized carbons (Fsp3) is 1.00. The van der Waals surface area contributed by atoms with Crippen LogP contribution in [0, 0.1) is 11.8 Å². The molecule has 1 nitrogen and oxygen atoms in total. The molecule has 0 N–H and O–H groups in total. The molecule has 0 aromatic rings. The second-order valence-electron chi connectivity index (χ2n) is 4.35. The van der Waals surface area contributed by atoms with Crippen LogP contribution in [0.5, 0.6) is 0 Å². The SMILES string of the molecule is Cl.ClCCN1CC2CCCC(C2)C1. The molecule has 3 heteroatoms. The van der Waals surface area contributed by atoms with Gasteiger partial charge in [-0.15, -0.1) is 24.0 Å². The predicted molar refractivity (Wildman–Crippen MR) is 59.9 cm³/mol. The largest absolute Gasteiger partial charge is 0.302 e. The number of piperidine rings is 1. The molecule has 1 saturated heterocycles. The van der Waals surface area contributed by atoms with E-state index in [1.54, 1.807) is 0 Å². The van der Waals surface area contributed by atoms with Crippen molar-refractivity contribution < 1.29 is 0 Å². The minimum absolute atomic E-state index is 0. The Morgan fingerprint density at radius 2 is 1.77 bits per heavy atom. The van der Waals surface area contributed by atoms with Gasteiger partial charge in [0.15, 0.2) is 0 Å². The number of hydrogen-bond acceptors (Lipinski definition) is 1. The molecule has 1 aliphatic carbocycles. The number of alkyl halides is 1. The van der Waals surface area contributed by atoms with Crippen LogP contribution in [0.15, 0.2) is 0 Å². The van der Waals surface area contributed by atoms with Crippen LogP contribution in [-0.4, -0.2) is 30.4 Å². The van der Waals surface area contributed by atoms with Crippen molar-refractivity contribution in [3.05, 3.63) is 0 Å². The van der Waals surface area contributed by atoms with Crippen molar-refractivity contribution in [1.82, 2.24) is 4.90 Å². The minimum atomic E-state index is 0. The van der Waals surface area contributed by atoms with Gasteiger partial charge in [-0.05, 0) is 31.1 Å². The summed E-state index contributed by atoms with van der Waals surface area (Å²) >= 11 is 5.75. The zero-order chi connectivity index (χ0) is 8.39. The predicted octanol–water partition coefficient (Wildman–Crippen LogP) is 2.77. The van der Waals surface area contributed by atoms with Crippen molar-refractivity contribution in [3.8, 4) is 0 Å². The number of hydrogen-bond donors (Lipinski definition) is 0. The molecule has 1 heterocycles. The first-order valence-electron chi connectivity index (χ1n) is 5.17. The van der Waals surface area contributed by atoms with E-state index in [9.17, 15) is 0 Å². The van der Waals surface area contributed by atoms with Crippen LogP contribution >= 0.6 is 24.0 Å². The van der Waals surface area contributed by atoms with Crippen molar-refractivity contribution in [1.29, 1.82) is 0 Å². The molecule has 13 heavy (non-hydrogen) atoms. The van der Waals surface area contributed by atoms with E-state index in [2.05, 4.69) is 4.90 Å². The van der Waals surface area contributed by atoms with E-state index in [4.69, 9.17) is 11.6 Å². The van der Waals surface area contributed by atoms with E-state index in [1.165, 1.54) is 38.8 Å². The van der Waals surface area contributed by atoms with Gasteiger partial charge in [-0.1, -0.05) is 6.42 Å². The zero-order valence-corrected chi connectivity index (χ0v) is 9.62. The fourth-order valence-corrected chi connectivity index (χ4v) is 3.08. The average molecular weight is 224 g/mol. The summed E-state index contributed by atoms with van der Waals surface area (Å²) in [6.07, 6.45) is 5.91. The van der Waals surface area contributed by atoms with Crippen LogP contribution < -0.4 is 0 Å². The van der Waals surface area contributed by atoms with Gasteiger partial charge in [-0.25, -0.2) is 0 Å². The molecular weight excluding hydrogens is 205 g/mol. The van der Waals surface area contributed by atoms with E-state index in [0.717, 1.165) is 24.3 Å². The summed E-state index contributed by atoms with van der Waals surface area (Å²) in [5.74, 6) is 2.81. The lowest BCUT2D eigenvalue weighted by molar-refractivity contribution is 0.0913. The van der Waals surface area contributed by atoms with Crippen LogP contribution in [0.4, 0.5) is 0 Å². The van der Waals surface area contributed by atoms with Gasteiger partial charge in [-0.2, -0.15) is 0 Å². The lowest BCUT2D eigenvalue weighted by Crippen LogP contribution is -2.43. The van der Waals surface area contributed by atoms with Gasteiger partial charge in [0.1, 0.15) is 0 Å². The molecule has 2 aliphatic rings. The Kier molecular flexibility index (Phi) is 4.85. The second-order valence-corrected chi connectivity index (χ2v) is 4.73. The number of nitrogens with zero attached hydrogens (tertiary/aromatic N) is 1. The van der Waals surface area contributed by atoms with Crippen molar-refractivity contribution in [2.45, 2.75) is 25.7 Å². The monoisotopic (exact) mass is 223 g/mol. The number of halogens is 2. The summed E-state index contributed by atoms with van der Waals surface area (Å²) in [6, 6.07) is 0. The molecule has 78 valence electrons. The summed E-state index contributed by atoms with van der Waals surface area (Å²) in [6.45, 7) is 3.75. The average Bonchev–Trinajstić information content (AvgIpc) is 2.04. The lowest BCUT2D eigenvalue weighted by Gasteiger charge is -2.41. The van der Waals surface area contributed by atoms with E-state index >= 15 is 0 Å². The van der Waals surface area contributed by atoms with Gasteiger partial charge in [0.05, 0.1) is 0 Å². The highest BCUT2D eigenvalue weighted by Crippen LogP contribution is 2.33. The van der Waals surface area contributed by atoms with Crippen molar-refractivity contribution in [2.75, 3.05) is 25.5 Å². The Balaban J connectivity index is 0.000000845. The molecule has 2 bridgehead atoms. The molecule has 0 aromatic carbocycles. The highest BCUT2D eigenvalue weighted by molar-refractivity contribution is 6.18.